The van der Waals surface area contributed by atoms with Crippen LogP contribution >= 0.6 is 0 Å². The quantitative estimate of drug-likeness (QED) is 0.245. The molecule has 2 amide bonds. The van der Waals surface area contributed by atoms with Crippen molar-refractivity contribution in [3.63, 3.8) is 0 Å². The normalized spacial score (nSPS) is 20.6. The van der Waals surface area contributed by atoms with Crippen LogP contribution in [0, 0.1) is 16.0 Å². The number of imide groups is 1. The Morgan fingerprint density at radius 1 is 0.974 bits per heavy atom. The van der Waals surface area contributed by atoms with Crippen LogP contribution in [0.4, 0.5) is 22.7 Å². The van der Waals surface area contributed by atoms with Gasteiger partial charge < -0.3 is 9.64 Å². The molecular weight excluding hydrogens is 488 g/mol. The Balaban J connectivity index is 1.52. The molecule has 0 aromatic heterocycles. The molecule has 2 heterocycles. The summed E-state index contributed by atoms with van der Waals surface area (Å²) in [6.45, 7) is 2.58. The SMILES string of the molecule is CCCOc1ccc(N2C(=O)[C@@H]3[C@@H](c4ccc(N(C)C)cc4)N(c4cccc([N+](=O)[O-])c4)O[C@H]3C2=O)cc1. The largest absolute Gasteiger partial charge is 0.494 e. The molecule has 0 radical (unpaired) electrons. The fourth-order valence-electron chi connectivity index (χ4n) is 4.86. The number of amides is 2. The van der Waals surface area contributed by atoms with Crippen LogP contribution in [0.5, 0.6) is 5.75 Å². The van der Waals surface area contributed by atoms with E-state index in [1.165, 1.54) is 17.2 Å². The summed E-state index contributed by atoms with van der Waals surface area (Å²) >= 11 is 0. The first kappa shape index (κ1) is 25.2. The van der Waals surface area contributed by atoms with Gasteiger partial charge in [0.05, 0.1) is 28.9 Å². The third-order valence-corrected chi connectivity index (χ3v) is 6.73. The van der Waals surface area contributed by atoms with Gasteiger partial charge in [0.15, 0.2) is 6.10 Å². The van der Waals surface area contributed by atoms with Gasteiger partial charge in [-0.15, -0.1) is 0 Å². The molecule has 2 aliphatic heterocycles. The highest BCUT2D eigenvalue weighted by Crippen LogP contribution is 2.48. The van der Waals surface area contributed by atoms with Crippen LogP contribution in [0.1, 0.15) is 24.9 Å². The monoisotopic (exact) mass is 516 g/mol. The van der Waals surface area contributed by atoms with Gasteiger partial charge >= 0.3 is 0 Å². The van der Waals surface area contributed by atoms with E-state index in [2.05, 4.69) is 0 Å². The number of benzene rings is 3. The highest BCUT2D eigenvalue weighted by Gasteiger charge is 2.60. The zero-order valence-corrected chi connectivity index (χ0v) is 21.3. The summed E-state index contributed by atoms with van der Waals surface area (Å²) in [4.78, 5) is 47.5. The van der Waals surface area contributed by atoms with Crippen LogP contribution in [-0.2, 0) is 14.4 Å². The highest BCUT2D eigenvalue weighted by molar-refractivity contribution is 6.23. The molecule has 2 saturated heterocycles. The lowest BCUT2D eigenvalue weighted by molar-refractivity contribution is -0.384. The standard InChI is InChI=1S/C28H28N4O6/c1-4-16-37-23-14-12-20(13-15-23)30-27(33)24-25(18-8-10-19(11-9-18)29(2)3)31(38-26(24)28(30)34)21-6-5-7-22(17-21)32(35)36/h5-15,17,24-26H,4,16H2,1-3H3/t24-,25-,26-/m1/s1. The number of carbonyl (C=O) groups excluding carboxylic acids is 2. The van der Waals surface area contributed by atoms with Gasteiger partial charge in [0.25, 0.3) is 11.6 Å². The molecule has 3 atom stereocenters. The van der Waals surface area contributed by atoms with Gasteiger partial charge in [0.1, 0.15) is 11.7 Å². The van der Waals surface area contributed by atoms with E-state index in [9.17, 15) is 19.7 Å². The molecule has 3 aromatic carbocycles. The average Bonchev–Trinajstić information content (AvgIpc) is 3.43. The lowest BCUT2D eigenvalue weighted by atomic mass is 9.90. The molecule has 0 bridgehead atoms. The first-order valence-corrected chi connectivity index (χ1v) is 12.4. The fourth-order valence-corrected chi connectivity index (χ4v) is 4.86. The molecule has 3 aromatic rings. The maximum atomic E-state index is 13.8. The number of hydrogen-bond donors (Lipinski definition) is 0. The number of anilines is 3. The van der Waals surface area contributed by atoms with Crippen molar-refractivity contribution >= 4 is 34.6 Å². The zero-order valence-electron chi connectivity index (χ0n) is 21.3. The van der Waals surface area contributed by atoms with Crippen molar-refractivity contribution < 1.29 is 24.1 Å². The molecule has 196 valence electrons. The van der Waals surface area contributed by atoms with Crippen molar-refractivity contribution in [2.75, 3.05) is 35.6 Å². The van der Waals surface area contributed by atoms with Crippen LogP contribution in [0.2, 0.25) is 0 Å². The average molecular weight is 517 g/mol. The molecule has 0 unspecified atom stereocenters. The van der Waals surface area contributed by atoms with Gasteiger partial charge in [-0.2, -0.15) is 0 Å². The van der Waals surface area contributed by atoms with Gasteiger partial charge in [-0.05, 0) is 54.4 Å². The first-order chi connectivity index (χ1) is 18.3. The number of fused-ring (bicyclic) bond motifs is 1. The Hall–Kier alpha value is -4.44. The molecule has 38 heavy (non-hydrogen) atoms. The van der Waals surface area contributed by atoms with E-state index in [1.54, 1.807) is 36.4 Å². The van der Waals surface area contributed by atoms with Crippen LogP contribution in [0.25, 0.3) is 0 Å². The van der Waals surface area contributed by atoms with Crippen LogP contribution in [-0.4, -0.2) is 43.5 Å². The number of ether oxygens (including phenoxy) is 1. The minimum atomic E-state index is -1.07. The smallest absolute Gasteiger partial charge is 0.271 e. The van der Waals surface area contributed by atoms with Crippen molar-refractivity contribution in [2.45, 2.75) is 25.5 Å². The van der Waals surface area contributed by atoms with E-state index in [0.29, 0.717) is 23.7 Å². The predicted molar refractivity (Wildman–Crippen MR) is 142 cm³/mol. The summed E-state index contributed by atoms with van der Waals surface area (Å²) in [7, 11) is 3.85. The summed E-state index contributed by atoms with van der Waals surface area (Å²) in [6.07, 6.45) is -0.208. The first-order valence-electron chi connectivity index (χ1n) is 12.4. The van der Waals surface area contributed by atoms with E-state index in [0.717, 1.165) is 22.6 Å². The topological polar surface area (TPSA) is 105 Å². The van der Waals surface area contributed by atoms with Gasteiger partial charge in [-0.1, -0.05) is 25.1 Å². The molecule has 0 saturated carbocycles. The molecule has 2 fully saturated rings. The van der Waals surface area contributed by atoms with E-state index < -0.39 is 34.8 Å². The molecule has 2 aliphatic rings. The minimum absolute atomic E-state index is 0.116. The summed E-state index contributed by atoms with van der Waals surface area (Å²) in [6, 6.07) is 19.7. The van der Waals surface area contributed by atoms with Crippen LogP contribution in [0.3, 0.4) is 0 Å². The molecule has 10 heteroatoms. The number of rotatable bonds is 8. The zero-order chi connectivity index (χ0) is 27.0. The number of nitro benzene ring substituents is 1. The summed E-state index contributed by atoms with van der Waals surface area (Å²) in [5.74, 6) is -1.06. The number of hydroxylamine groups is 1. The number of non-ortho nitro benzene ring substituents is 1. The van der Waals surface area contributed by atoms with E-state index in [4.69, 9.17) is 9.57 Å². The highest BCUT2D eigenvalue weighted by atomic mass is 16.7. The number of carbonyl (C=O) groups is 2. The summed E-state index contributed by atoms with van der Waals surface area (Å²) < 4.78 is 5.62. The van der Waals surface area contributed by atoms with E-state index in [1.807, 2.05) is 50.2 Å². The second-order valence-electron chi connectivity index (χ2n) is 9.44. The predicted octanol–water partition coefficient (Wildman–Crippen LogP) is 4.50. The third kappa shape index (κ3) is 4.43. The number of hydrogen-bond acceptors (Lipinski definition) is 8. The van der Waals surface area contributed by atoms with Gasteiger partial charge in [0.2, 0.25) is 5.91 Å². The second kappa shape index (κ2) is 10.1. The molecule has 0 spiro atoms. The molecule has 0 N–H and O–H groups in total. The third-order valence-electron chi connectivity index (χ3n) is 6.73. The number of nitro groups is 1. The Labute approximate surface area is 220 Å². The maximum absolute atomic E-state index is 13.8. The Morgan fingerprint density at radius 3 is 2.32 bits per heavy atom. The van der Waals surface area contributed by atoms with Crippen molar-refractivity contribution in [1.82, 2.24) is 0 Å². The van der Waals surface area contributed by atoms with E-state index in [-0.39, 0.29) is 5.69 Å². The van der Waals surface area contributed by atoms with Gasteiger partial charge in [-0.3, -0.25) is 24.5 Å². The van der Waals surface area contributed by atoms with Crippen LogP contribution < -0.4 is 19.6 Å². The Kier molecular flexibility index (Phi) is 6.73. The lowest BCUT2D eigenvalue weighted by Crippen LogP contribution is -2.37. The van der Waals surface area contributed by atoms with Crippen molar-refractivity contribution in [2.24, 2.45) is 5.92 Å². The number of nitrogens with zero attached hydrogens (tertiary/aromatic N) is 4. The summed E-state index contributed by atoms with van der Waals surface area (Å²) in [5.41, 5.74) is 2.42. The van der Waals surface area contributed by atoms with Crippen molar-refractivity contribution in [1.29, 1.82) is 0 Å². The fraction of sp³-hybridized carbons (Fsp3) is 0.286. The molecular formula is C28H28N4O6. The molecule has 0 aliphatic carbocycles. The molecule has 10 nitrogen and oxygen atoms in total. The van der Waals surface area contributed by atoms with Gasteiger partial charge in [0, 0.05) is 31.9 Å². The second-order valence-corrected chi connectivity index (χ2v) is 9.44. The van der Waals surface area contributed by atoms with Crippen molar-refractivity contribution in [3.8, 4) is 5.75 Å². The van der Waals surface area contributed by atoms with Crippen molar-refractivity contribution in [3.05, 3.63) is 88.5 Å². The van der Waals surface area contributed by atoms with Crippen LogP contribution in [0.15, 0.2) is 72.8 Å². The van der Waals surface area contributed by atoms with E-state index >= 15 is 0 Å². The Bertz CT molecular complexity index is 1360. The van der Waals surface area contributed by atoms with Gasteiger partial charge in [-0.25, -0.2) is 9.96 Å². The minimum Gasteiger partial charge on any atom is -0.494 e. The summed E-state index contributed by atoms with van der Waals surface area (Å²) in [5, 5.41) is 12.9. The Morgan fingerprint density at radius 2 is 1.68 bits per heavy atom. The lowest BCUT2D eigenvalue weighted by Gasteiger charge is -2.29. The molecule has 5 rings (SSSR count). The maximum Gasteiger partial charge on any atom is 0.271 e.